The van der Waals surface area contributed by atoms with Gasteiger partial charge in [-0.2, -0.15) is 0 Å². The molecule has 2 saturated carbocycles. The average molecular weight is 762 g/mol. The third-order valence-electron chi connectivity index (χ3n) is 11.3. The van der Waals surface area contributed by atoms with Crippen LogP contribution in [0.5, 0.6) is 0 Å². The van der Waals surface area contributed by atoms with Gasteiger partial charge >= 0.3 is 0 Å². The Morgan fingerprint density at radius 2 is 1.38 bits per heavy atom. The van der Waals surface area contributed by atoms with Gasteiger partial charge in [0.15, 0.2) is 17.1 Å². The maximum absolute atomic E-state index is 15.4. The zero-order chi connectivity index (χ0) is 40.4. The minimum absolute atomic E-state index is 0.162. The second-order valence-electron chi connectivity index (χ2n) is 16.8. The Bertz CT molecular complexity index is 2230. The van der Waals surface area contributed by atoms with E-state index in [1.807, 2.05) is 88.5 Å². The van der Waals surface area contributed by atoms with Crippen molar-refractivity contribution in [3.63, 3.8) is 0 Å². The highest BCUT2D eigenvalue weighted by atomic mass is 19.2. The number of aliphatic hydroxyl groups is 1. The van der Waals surface area contributed by atoms with Gasteiger partial charge in [-0.05, 0) is 109 Å². The first kappa shape index (κ1) is 40.6. The number of hydrogen-bond acceptors (Lipinski definition) is 4. The molecule has 0 spiro atoms. The van der Waals surface area contributed by atoms with Crippen LogP contribution in [-0.4, -0.2) is 37.8 Å². The van der Waals surface area contributed by atoms with Crippen molar-refractivity contribution in [1.29, 1.82) is 0 Å². The van der Waals surface area contributed by atoms with Gasteiger partial charge in [0.25, 0.3) is 0 Å². The van der Waals surface area contributed by atoms with Crippen molar-refractivity contribution in [2.45, 2.75) is 107 Å². The van der Waals surface area contributed by atoms with E-state index < -0.39 is 27.8 Å². The fourth-order valence-corrected chi connectivity index (χ4v) is 7.43. The first-order chi connectivity index (χ1) is 26.4. The number of ketones is 1. The molecule has 1 unspecified atom stereocenters. The Morgan fingerprint density at radius 3 is 1.96 bits per heavy atom. The summed E-state index contributed by atoms with van der Waals surface area (Å²) in [7, 11) is 0. The van der Waals surface area contributed by atoms with Crippen LogP contribution in [0.1, 0.15) is 99.7 Å². The summed E-state index contributed by atoms with van der Waals surface area (Å²) in [6.07, 6.45) is 14.5. The molecule has 0 saturated heterocycles. The highest BCUT2D eigenvalue weighted by Crippen LogP contribution is 2.54. The van der Waals surface area contributed by atoms with Crippen LogP contribution in [0.25, 0.3) is 23.1 Å². The Hall–Kier alpha value is -5.04. The van der Waals surface area contributed by atoms with E-state index in [1.165, 1.54) is 35.4 Å². The van der Waals surface area contributed by atoms with E-state index in [4.69, 9.17) is 0 Å². The number of halogens is 4. The molecule has 1 atom stereocenters. The van der Waals surface area contributed by atoms with Gasteiger partial charge in [0.1, 0.15) is 40.6 Å². The summed E-state index contributed by atoms with van der Waals surface area (Å²) in [5.41, 5.74) is 1.34. The number of Topliss-reactive ketones (excluding diaryl/α,β-unsaturated/α-hetero) is 1. The highest BCUT2D eigenvalue weighted by Gasteiger charge is 2.61. The number of aryl methyl sites for hydroxylation is 1. The number of allylic oxidation sites excluding steroid dienone is 2. The summed E-state index contributed by atoms with van der Waals surface area (Å²) in [6.45, 7) is 9.79. The molecule has 3 aliphatic rings. The fraction of sp³-hybridized carbons (Fsp3) is 0.354. The molecule has 5 aromatic rings. The quantitative estimate of drug-likeness (QED) is 0.114. The number of para-hydroxylation sites is 1. The molecule has 4 nitrogen and oxygen atoms in total. The second kappa shape index (κ2) is 15.8. The smallest absolute Gasteiger partial charge is 0.182 e. The number of carbonyl (C=O) groups is 1. The number of aromatic nitrogens is 2. The predicted octanol–water partition coefficient (Wildman–Crippen LogP) is 11.3. The normalized spacial score (nSPS) is 16.9. The summed E-state index contributed by atoms with van der Waals surface area (Å²) in [4.78, 5) is 20.3. The molecule has 0 bridgehead atoms. The molecular weight excluding hydrogens is 713 g/mol. The van der Waals surface area contributed by atoms with E-state index in [0.717, 1.165) is 33.3 Å². The van der Waals surface area contributed by atoms with Gasteiger partial charge in [-0.15, -0.1) is 0 Å². The summed E-state index contributed by atoms with van der Waals surface area (Å²) in [5.74, 6) is -0.936. The lowest BCUT2D eigenvalue weighted by Crippen LogP contribution is -2.48. The lowest BCUT2D eigenvalue weighted by molar-refractivity contribution is -0.126. The van der Waals surface area contributed by atoms with Crippen LogP contribution in [0.15, 0.2) is 103 Å². The van der Waals surface area contributed by atoms with Crippen molar-refractivity contribution in [3.8, 4) is 0 Å². The number of pyridine rings is 2. The third kappa shape index (κ3) is 9.31. The third-order valence-corrected chi connectivity index (χ3v) is 11.3. The van der Waals surface area contributed by atoms with Gasteiger partial charge in [-0.25, -0.2) is 22.5 Å². The van der Waals surface area contributed by atoms with E-state index in [0.29, 0.717) is 25.7 Å². The van der Waals surface area contributed by atoms with Gasteiger partial charge in [0.2, 0.25) is 0 Å². The van der Waals surface area contributed by atoms with E-state index >= 15 is 4.39 Å². The number of fused-ring (bicyclic) bond motifs is 2. The molecule has 3 aliphatic carbocycles. The number of nitrogens with zero attached hydrogens (tertiary/aromatic N) is 2. The van der Waals surface area contributed by atoms with Gasteiger partial charge in [-0.1, -0.05) is 70.2 Å². The summed E-state index contributed by atoms with van der Waals surface area (Å²) in [6, 6.07) is 23.9. The Labute approximate surface area is 327 Å². The van der Waals surface area contributed by atoms with Crippen molar-refractivity contribution in [2.75, 3.05) is 0 Å². The van der Waals surface area contributed by atoms with Crippen molar-refractivity contribution in [1.82, 2.24) is 9.97 Å². The molecule has 1 N–H and O–H groups in total. The fourth-order valence-electron chi connectivity index (χ4n) is 7.43. The number of benzene rings is 3. The summed E-state index contributed by atoms with van der Waals surface area (Å²) < 4.78 is 55.2. The Balaban J connectivity index is 0.000000160. The highest BCUT2D eigenvalue weighted by molar-refractivity contribution is 5.91. The summed E-state index contributed by atoms with van der Waals surface area (Å²) in [5, 5.41) is 12.5. The molecule has 2 heterocycles. The lowest BCUT2D eigenvalue weighted by atomic mass is 9.70. The minimum Gasteiger partial charge on any atom is -0.386 e. The van der Waals surface area contributed by atoms with Gasteiger partial charge in [0, 0.05) is 42.3 Å². The largest absolute Gasteiger partial charge is 0.386 e. The number of hydrogen-bond donors (Lipinski definition) is 1. The van der Waals surface area contributed by atoms with Crippen LogP contribution < -0.4 is 0 Å². The average Bonchev–Trinajstić information content (AvgIpc) is 4.11. The first-order valence-electron chi connectivity index (χ1n) is 19.1. The predicted molar refractivity (Wildman–Crippen MR) is 215 cm³/mol. The second-order valence-corrected chi connectivity index (χ2v) is 16.8. The molecule has 0 radical (unpaired) electrons. The lowest BCUT2D eigenvalue weighted by Gasteiger charge is -2.39. The molecule has 2 aromatic heterocycles. The molecular formula is C48H49F4N2O2+. The first-order valence-corrected chi connectivity index (χ1v) is 19.1. The van der Waals surface area contributed by atoms with Crippen LogP contribution in [0.2, 0.25) is 0 Å². The van der Waals surface area contributed by atoms with Gasteiger partial charge in [0.05, 0.1) is 11.6 Å². The van der Waals surface area contributed by atoms with Crippen molar-refractivity contribution in [2.24, 2.45) is 0 Å². The van der Waals surface area contributed by atoms with E-state index in [9.17, 15) is 23.1 Å². The molecule has 0 aliphatic heterocycles. The van der Waals surface area contributed by atoms with Crippen LogP contribution in [0.4, 0.5) is 17.6 Å². The number of carbonyl (C=O) groups excluding carboxylic acids is 1. The van der Waals surface area contributed by atoms with Gasteiger partial charge in [-0.3, -0.25) is 9.78 Å². The zero-order valence-electron chi connectivity index (χ0n) is 32.7. The monoisotopic (exact) mass is 761 g/mol. The molecule has 8 rings (SSSR count). The number of alkyl halides is 2. The van der Waals surface area contributed by atoms with E-state index in [1.54, 1.807) is 30.5 Å². The Morgan fingerprint density at radius 1 is 0.786 bits per heavy atom. The van der Waals surface area contributed by atoms with Gasteiger partial charge < -0.3 is 5.11 Å². The molecule has 0 amide bonds. The maximum atomic E-state index is 15.4. The number of rotatable bonds is 10. The van der Waals surface area contributed by atoms with Crippen LogP contribution in [-0.2, 0) is 22.0 Å². The molecule has 290 valence electrons. The Kier molecular flexibility index (Phi) is 11.5. The van der Waals surface area contributed by atoms with Crippen molar-refractivity contribution in [3.05, 3.63) is 155 Å². The van der Waals surface area contributed by atoms with Crippen LogP contribution in [0.3, 0.4) is 0 Å². The van der Waals surface area contributed by atoms with E-state index in [-0.39, 0.29) is 36.7 Å². The molecule has 56 heavy (non-hydrogen) atoms. The summed E-state index contributed by atoms with van der Waals surface area (Å²) >= 11 is 0. The van der Waals surface area contributed by atoms with Crippen molar-refractivity contribution >= 4 is 28.8 Å². The molecule has 2 fully saturated rings. The zero-order valence-corrected chi connectivity index (χ0v) is 32.7. The van der Waals surface area contributed by atoms with Crippen LogP contribution in [0, 0.1) is 24.6 Å². The SMILES string of the molecule is CC(C)(CC(=O)C1(F)CC1)c1ccc(F)cc1.CC(C)(CC(O)(Cc1ccnc2ccccc12)C1(F)CC1)c1ccc(F)cc1.Cc1ccnc2c1C=[C+]C=C2. The minimum atomic E-state index is -1.59. The molecule has 3 aromatic carbocycles. The van der Waals surface area contributed by atoms with E-state index in [2.05, 4.69) is 23.0 Å². The standard InChI is InChI=1S/C24H25F2NO.C14H16F2O.C10H8N/c1-22(2,18-7-9-19(25)10-8-18)16-24(28,23(26)12-13-23)15-17-11-14-27-21-6-4-3-5-20(17)21;1-13(2,9-12(17)14(16)7-8-14)10-3-5-11(15)6-4-10;1-8-6-7-11-10-5-3-2-4-9(8)10/h3-11,14,28H,12-13,15-16H2,1-2H3;3-6H,7-9H2,1-2H3;3-7H,1H3/q;;+1. The molecule has 8 heteroatoms. The van der Waals surface area contributed by atoms with Crippen LogP contribution >= 0.6 is 0 Å². The van der Waals surface area contributed by atoms with Crippen molar-refractivity contribution < 1.29 is 27.5 Å². The maximum Gasteiger partial charge on any atom is 0.182 e. The topological polar surface area (TPSA) is 63.1 Å².